The first-order valence-electron chi connectivity index (χ1n) is 5.65. The monoisotopic (exact) mass is 214 g/mol. The normalized spacial score (nSPS) is 21.4. The molecule has 1 saturated heterocycles. The topological polar surface area (TPSA) is 50.4 Å². The highest BCUT2D eigenvalue weighted by atomic mass is 16.6. The molecule has 0 radical (unpaired) electrons. The van der Waals surface area contributed by atoms with Crippen LogP contribution in [0.1, 0.15) is 33.6 Å². The van der Waals surface area contributed by atoms with E-state index in [1.54, 1.807) is 0 Å². The Morgan fingerprint density at radius 3 is 2.80 bits per heavy atom. The summed E-state index contributed by atoms with van der Waals surface area (Å²) in [5.41, 5.74) is -0.404. The van der Waals surface area contributed by atoms with E-state index in [1.165, 1.54) is 6.42 Å². The third-order valence-electron chi connectivity index (χ3n) is 2.38. The molecule has 1 amide bonds. The van der Waals surface area contributed by atoms with Gasteiger partial charge >= 0.3 is 6.09 Å². The molecule has 1 unspecified atom stereocenters. The molecule has 88 valence electrons. The molecule has 1 aliphatic heterocycles. The summed E-state index contributed by atoms with van der Waals surface area (Å²) in [5, 5.41) is 6.08. The van der Waals surface area contributed by atoms with Gasteiger partial charge in [0.25, 0.3) is 0 Å². The predicted molar refractivity (Wildman–Crippen MR) is 59.8 cm³/mol. The number of nitrogens with one attached hydrogen (secondary N) is 2. The van der Waals surface area contributed by atoms with Crippen molar-refractivity contribution < 1.29 is 9.53 Å². The minimum absolute atomic E-state index is 0.312. The Labute approximate surface area is 91.8 Å². The second-order valence-corrected chi connectivity index (χ2v) is 5.08. The molecule has 0 saturated carbocycles. The molecule has 15 heavy (non-hydrogen) atoms. The number of rotatable bonds is 3. The molecular formula is C11H22N2O2. The second-order valence-electron chi connectivity index (χ2n) is 5.08. The van der Waals surface area contributed by atoms with E-state index in [0.29, 0.717) is 12.5 Å². The fourth-order valence-electron chi connectivity index (χ4n) is 1.65. The van der Waals surface area contributed by atoms with Crippen LogP contribution >= 0.6 is 0 Å². The maximum Gasteiger partial charge on any atom is 0.407 e. The third kappa shape index (κ3) is 5.62. The first-order valence-corrected chi connectivity index (χ1v) is 5.65. The average molecular weight is 214 g/mol. The van der Waals surface area contributed by atoms with Crippen LogP contribution < -0.4 is 10.6 Å². The molecule has 4 nitrogen and oxygen atoms in total. The van der Waals surface area contributed by atoms with Crippen molar-refractivity contribution in [2.75, 3.05) is 19.6 Å². The van der Waals surface area contributed by atoms with E-state index in [-0.39, 0.29) is 6.09 Å². The Bertz CT molecular complexity index is 205. The molecule has 1 fully saturated rings. The predicted octanol–water partition coefficient (Wildman–Crippen LogP) is 1.51. The van der Waals surface area contributed by atoms with Crippen LogP contribution in [0.15, 0.2) is 0 Å². The fraction of sp³-hybridized carbons (Fsp3) is 0.909. The number of hydrogen-bond acceptors (Lipinski definition) is 3. The second kappa shape index (κ2) is 5.35. The standard InChI is InChI=1S/C11H22N2O2/c1-11(2,3)15-10(14)13-7-5-9-4-6-12-8-9/h9,12H,4-8H2,1-3H3,(H,13,14). The first-order chi connectivity index (χ1) is 6.97. The van der Waals surface area contributed by atoms with Gasteiger partial charge in [-0.15, -0.1) is 0 Å². The zero-order valence-corrected chi connectivity index (χ0v) is 9.93. The molecule has 2 N–H and O–H groups in total. The highest BCUT2D eigenvalue weighted by Gasteiger charge is 2.17. The Morgan fingerprint density at radius 2 is 2.27 bits per heavy atom. The van der Waals surface area contributed by atoms with E-state index < -0.39 is 5.60 Å². The Morgan fingerprint density at radius 1 is 1.53 bits per heavy atom. The Balaban J connectivity index is 2.06. The van der Waals surface area contributed by atoms with Gasteiger partial charge in [0.2, 0.25) is 0 Å². The van der Waals surface area contributed by atoms with Crippen molar-refractivity contribution in [3.8, 4) is 0 Å². The molecular weight excluding hydrogens is 192 g/mol. The summed E-state index contributed by atoms with van der Waals surface area (Å²) in [6, 6.07) is 0. The van der Waals surface area contributed by atoms with Gasteiger partial charge in [-0.25, -0.2) is 4.79 Å². The maximum absolute atomic E-state index is 11.3. The number of carbonyl (C=O) groups is 1. The smallest absolute Gasteiger partial charge is 0.407 e. The molecule has 1 aliphatic rings. The van der Waals surface area contributed by atoms with Crippen molar-refractivity contribution in [2.45, 2.75) is 39.2 Å². The van der Waals surface area contributed by atoms with E-state index in [0.717, 1.165) is 19.5 Å². The molecule has 1 heterocycles. The van der Waals surface area contributed by atoms with Crippen LogP contribution in [0.5, 0.6) is 0 Å². The highest BCUT2D eigenvalue weighted by molar-refractivity contribution is 5.67. The summed E-state index contributed by atoms with van der Waals surface area (Å²) in [6.07, 6.45) is 1.94. The SMILES string of the molecule is CC(C)(C)OC(=O)NCCC1CCNC1. The lowest BCUT2D eigenvalue weighted by Crippen LogP contribution is -2.33. The van der Waals surface area contributed by atoms with Gasteiger partial charge in [-0.2, -0.15) is 0 Å². The lowest BCUT2D eigenvalue weighted by Gasteiger charge is -2.20. The lowest BCUT2D eigenvalue weighted by molar-refractivity contribution is 0.0525. The van der Waals surface area contributed by atoms with Crippen molar-refractivity contribution >= 4 is 6.09 Å². The molecule has 0 aromatic carbocycles. The zero-order valence-electron chi connectivity index (χ0n) is 9.93. The number of alkyl carbamates (subject to hydrolysis) is 1. The molecule has 0 spiro atoms. The minimum atomic E-state index is -0.404. The van der Waals surface area contributed by atoms with Gasteiger partial charge < -0.3 is 15.4 Å². The zero-order chi connectivity index (χ0) is 11.3. The minimum Gasteiger partial charge on any atom is -0.444 e. The van der Waals surface area contributed by atoms with Gasteiger partial charge in [-0.3, -0.25) is 0 Å². The van der Waals surface area contributed by atoms with Crippen LogP contribution in [-0.2, 0) is 4.74 Å². The Kier molecular flexibility index (Phi) is 4.39. The maximum atomic E-state index is 11.3. The average Bonchev–Trinajstić information content (AvgIpc) is 2.53. The largest absolute Gasteiger partial charge is 0.444 e. The van der Waals surface area contributed by atoms with Crippen molar-refractivity contribution in [1.82, 2.24) is 10.6 Å². The Hall–Kier alpha value is -0.770. The summed E-state index contributed by atoms with van der Waals surface area (Å²) in [7, 11) is 0. The summed E-state index contributed by atoms with van der Waals surface area (Å²) in [6.45, 7) is 8.50. The quantitative estimate of drug-likeness (QED) is 0.748. The molecule has 1 rings (SSSR count). The summed E-state index contributed by atoms with van der Waals surface area (Å²) in [5.74, 6) is 0.708. The van der Waals surface area contributed by atoms with E-state index in [2.05, 4.69) is 10.6 Å². The molecule has 0 bridgehead atoms. The van der Waals surface area contributed by atoms with Gasteiger partial charge in [-0.05, 0) is 52.6 Å². The molecule has 0 aromatic rings. The molecule has 1 atom stereocenters. The van der Waals surface area contributed by atoms with Crippen molar-refractivity contribution in [3.63, 3.8) is 0 Å². The van der Waals surface area contributed by atoms with Gasteiger partial charge in [-0.1, -0.05) is 0 Å². The third-order valence-corrected chi connectivity index (χ3v) is 2.38. The van der Waals surface area contributed by atoms with E-state index >= 15 is 0 Å². The van der Waals surface area contributed by atoms with E-state index in [9.17, 15) is 4.79 Å². The van der Waals surface area contributed by atoms with Crippen LogP contribution in [0.4, 0.5) is 4.79 Å². The highest BCUT2D eigenvalue weighted by Crippen LogP contribution is 2.11. The molecule has 0 aliphatic carbocycles. The number of carbonyl (C=O) groups excluding carboxylic acids is 1. The van der Waals surface area contributed by atoms with Crippen LogP contribution in [-0.4, -0.2) is 31.3 Å². The van der Waals surface area contributed by atoms with Crippen LogP contribution in [0.3, 0.4) is 0 Å². The fourth-order valence-corrected chi connectivity index (χ4v) is 1.65. The van der Waals surface area contributed by atoms with E-state index in [1.807, 2.05) is 20.8 Å². The first kappa shape index (κ1) is 12.3. The lowest BCUT2D eigenvalue weighted by atomic mass is 10.1. The molecule has 0 aromatic heterocycles. The van der Waals surface area contributed by atoms with E-state index in [4.69, 9.17) is 4.74 Å². The number of ether oxygens (including phenoxy) is 1. The van der Waals surface area contributed by atoms with Crippen molar-refractivity contribution in [1.29, 1.82) is 0 Å². The van der Waals surface area contributed by atoms with Gasteiger partial charge in [0.05, 0.1) is 0 Å². The van der Waals surface area contributed by atoms with Gasteiger partial charge in [0.1, 0.15) is 5.60 Å². The van der Waals surface area contributed by atoms with Crippen LogP contribution in [0.2, 0.25) is 0 Å². The van der Waals surface area contributed by atoms with Crippen LogP contribution in [0, 0.1) is 5.92 Å². The van der Waals surface area contributed by atoms with Gasteiger partial charge in [0.15, 0.2) is 0 Å². The number of hydrogen-bond donors (Lipinski definition) is 2. The summed E-state index contributed by atoms with van der Waals surface area (Å²) < 4.78 is 5.14. The van der Waals surface area contributed by atoms with Crippen LogP contribution in [0.25, 0.3) is 0 Å². The number of amides is 1. The summed E-state index contributed by atoms with van der Waals surface area (Å²) in [4.78, 5) is 11.3. The van der Waals surface area contributed by atoms with Crippen molar-refractivity contribution in [3.05, 3.63) is 0 Å². The summed E-state index contributed by atoms with van der Waals surface area (Å²) >= 11 is 0. The van der Waals surface area contributed by atoms with Gasteiger partial charge in [0, 0.05) is 6.54 Å². The van der Waals surface area contributed by atoms with Crippen molar-refractivity contribution in [2.24, 2.45) is 5.92 Å². The molecule has 4 heteroatoms.